The topological polar surface area (TPSA) is 144 Å². The van der Waals surface area contributed by atoms with Crippen molar-refractivity contribution in [3.63, 3.8) is 0 Å². The normalized spacial score (nSPS) is 11.4. The number of aryl methyl sites for hydroxylation is 1. The first-order valence-electron chi connectivity index (χ1n) is 8.53. The number of hydrogen-bond acceptors (Lipinski definition) is 7. The Kier molecular flexibility index (Phi) is 5.93. The second-order valence-electron chi connectivity index (χ2n) is 6.13. The number of anilines is 2. The highest BCUT2D eigenvalue weighted by molar-refractivity contribution is 7.92. The van der Waals surface area contributed by atoms with Crippen LogP contribution in [0.1, 0.15) is 11.3 Å². The minimum Gasteiger partial charge on any atom is -0.360 e. The van der Waals surface area contributed by atoms with Gasteiger partial charge in [0.1, 0.15) is 5.76 Å². The van der Waals surface area contributed by atoms with Crippen molar-refractivity contribution in [2.45, 2.75) is 11.8 Å². The number of benzene rings is 2. The highest BCUT2D eigenvalue weighted by Gasteiger charge is 2.16. The molecule has 0 atom stereocenters. The highest BCUT2D eigenvalue weighted by Crippen LogP contribution is 2.18. The first kappa shape index (κ1) is 20.7. The van der Waals surface area contributed by atoms with Gasteiger partial charge in [0.15, 0.2) is 5.82 Å². The van der Waals surface area contributed by atoms with Gasteiger partial charge in [-0.2, -0.15) is 0 Å². The summed E-state index contributed by atoms with van der Waals surface area (Å²) in [6.07, 6.45) is 2.66. The third kappa shape index (κ3) is 5.29. The summed E-state index contributed by atoms with van der Waals surface area (Å²) >= 11 is 0. The maximum atomic E-state index is 12.3. The fourth-order valence-electron chi connectivity index (χ4n) is 2.43. The number of carbonyl (C=O) groups excluding carboxylic acids is 1. The van der Waals surface area contributed by atoms with E-state index in [4.69, 9.17) is 4.52 Å². The van der Waals surface area contributed by atoms with Gasteiger partial charge in [0, 0.05) is 30.0 Å². The summed E-state index contributed by atoms with van der Waals surface area (Å²) in [6, 6.07) is 12.8. The van der Waals surface area contributed by atoms with E-state index in [1.165, 1.54) is 60.7 Å². The summed E-state index contributed by atoms with van der Waals surface area (Å²) in [5, 5.41) is 16.9. The molecule has 2 aromatic carbocycles. The molecule has 0 saturated carbocycles. The van der Waals surface area contributed by atoms with Crippen molar-refractivity contribution in [2.24, 2.45) is 0 Å². The number of amides is 1. The van der Waals surface area contributed by atoms with Crippen molar-refractivity contribution >= 4 is 39.2 Å². The lowest BCUT2D eigenvalue weighted by Gasteiger charge is -2.06. The maximum Gasteiger partial charge on any atom is 0.270 e. The predicted octanol–water partition coefficient (Wildman–Crippen LogP) is 3.34. The first-order chi connectivity index (χ1) is 14.2. The minimum absolute atomic E-state index is 0.0201. The number of aromatic nitrogens is 1. The van der Waals surface area contributed by atoms with Gasteiger partial charge < -0.3 is 9.84 Å². The smallest absolute Gasteiger partial charge is 0.270 e. The summed E-state index contributed by atoms with van der Waals surface area (Å²) < 4.78 is 31.8. The Morgan fingerprint density at radius 1 is 1.17 bits per heavy atom. The molecule has 3 aromatic rings. The Hall–Kier alpha value is -3.99. The lowest BCUT2D eigenvalue weighted by Crippen LogP contribution is -2.13. The monoisotopic (exact) mass is 428 g/mol. The van der Waals surface area contributed by atoms with Crippen LogP contribution in [0.4, 0.5) is 17.2 Å². The molecule has 30 heavy (non-hydrogen) atoms. The Morgan fingerprint density at radius 3 is 2.53 bits per heavy atom. The largest absolute Gasteiger partial charge is 0.360 e. The fourth-order valence-corrected chi connectivity index (χ4v) is 3.41. The van der Waals surface area contributed by atoms with E-state index < -0.39 is 20.9 Å². The van der Waals surface area contributed by atoms with Gasteiger partial charge in [-0.25, -0.2) is 8.42 Å². The number of rotatable bonds is 7. The van der Waals surface area contributed by atoms with Gasteiger partial charge in [-0.15, -0.1) is 0 Å². The molecule has 3 rings (SSSR count). The van der Waals surface area contributed by atoms with E-state index in [1.54, 1.807) is 13.0 Å². The average Bonchev–Trinajstić information content (AvgIpc) is 3.11. The lowest BCUT2D eigenvalue weighted by atomic mass is 10.2. The van der Waals surface area contributed by atoms with Crippen LogP contribution in [0.15, 0.2) is 70.1 Å². The number of nitrogens with zero attached hydrogens (tertiary/aromatic N) is 2. The van der Waals surface area contributed by atoms with E-state index >= 15 is 0 Å². The van der Waals surface area contributed by atoms with Gasteiger partial charge in [0.25, 0.3) is 15.7 Å². The Bertz CT molecular complexity index is 1220. The number of nitro benzene ring substituents is 1. The summed E-state index contributed by atoms with van der Waals surface area (Å²) in [4.78, 5) is 22.3. The van der Waals surface area contributed by atoms with Gasteiger partial charge in [0.05, 0.1) is 9.82 Å². The molecule has 0 bridgehead atoms. The molecular weight excluding hydrogens is 412 g/mol. The summed E-state index contributed by atoms with van der Waals surface area (Å²) in [6.45, 7) is 1.63. The molecule has 2 N–H and O–H groups in total. The van der Waals surface area contributed by atoms with E-state index in [0.29, 0.717) is 17.0 Å². The number of carbonyl (C=O) groups is 1. The summed E-state index contributed by atoms with van der Waals surface area (Å²) in [5.74, 6) is 0.0494. The van der Waals surface area contributed by atoms with Gasteiger partial charge in [-0.05, 0) is 42.8 Å². The number of hydrogen-bond donors (Lipinski definition) is 2. The molecule has 0 radical (unpaired) electrons. The molecule has 0 spiro atoms. The number of non-ortho nitro benzene ring substituents is 1. The van der Waals surface area contributed by atoms with Crippen LogP contribution in [0.3, 0.4) is 0 Å². The van der Waals surface area contributed by atoms with E-state index in [-0.39, 0.29) is 16.4 Å². The Balaban J connectivity index is 1.64. The van der Waals surface area contributed by atoms with Crippen LogP contribution < -0.4 is 10.0 Å². The van der Waals surface area contributed by atoms with Gasteiger partial charge in [0.2, 0.25) is 5.91 Å². The molecule has 0 fully saturated rings. The molecule has 11 heteroatoms. The van der Waals surface area contributed by atoms with E-state index in [9.17, 15) is 23.3 Å². The molecule has 154 valence electrons. The fraction of sp³-hybridized carbons (Fsp3) is 0.0526. The molecule has 0 unspecified atom stereocenters. The average molecular weight is 428 g/mol. The molecule has 0 aliphatic heterocycles. The Labute approximate surface area is 171 Å². The maximum absolute atomic E-state index is 12.3. The quantitative estimate of drug-likeness (QED) is 0.333. The van der Waals surface area contributed by atoms with Crippen molar-refractivity contribution in [1.29, 1.82) is 0 Å². The van der Waals surface area contributed by atoms with E-state index in [2.05, 4.69) is 15.2 Å². The summed E-state index contributed by atoms with van der Waals surface area (Å²) in [7, 11) is -3.86. The van der Waals surface area contributed by atoms with Crippen LogP contribution in [0.2, 0.25) is 0 Å². The van der Waals surface area contributed by atoms with Gasteiger partial charge in [-0.3, -0.25) is 19.6 Å². The van der Waals surface area contributed by atoms with Crippen molar-refractivity contribution in [2.75, 3.05) is 10.0 Å². The molecule has 1 amide bonds. The van der Waals surface area contributed by atoms with Crippen LogP contribution in [0.5, 0.6) is 0 Å². The predicted molar refractivity (Wildman–Crippen MR) is 109 cm³/mol. The zero-order chi connectivity index (χ0) is 21.7. The number of nitro groups is 1. The molecule has 0 saturated heterocycles. The van der Waals surface area contributed by atoms with Crippen molar-refractivity contribution < 1.29 is 22.7 Å². The Morgan fingerprint density at radius 2 is 1.90 bits per heavy atom. The molecular formula is C19H16N4O6S. The summed E-state index contributed by atoms with van der Waals surface area (Å²) in [5.41, 5.74) is 0.790. The van der Waals surface area contributed by atoms with Crippen LogP contribution in [-0.2, 0) is 14.8 Å². The van der Waals surface area contributed by atoms with E-state index in [1.807, 2.05) is 0 Å². The van der Waals surface area contributed by atoms with Gasteiger partial charge in [-0.1, -0.05) is 17.3 Å². The zero-order valence-electron chi connectivity index (χ0n) is 15.6. The van der Waals surface area contributed by atoms with Crippen LogP contribution >= 0.6 is 0 Å². The van der Waals surface area contributed by atoms with Crippen LogP contribution in [0, 0.1) is 17.0 Å². The van der Waals surface area contributed by atoms with Gasteiger partial charge >= 0.3 is 0 Å². The molecule has 1 heterocycles. The number of nitrogens with one attached hydrogen (secondary N) is 2. The molecule has 0 aliphatic rings. The highest BCUT2D eigenvalue weighted by atomic mass is 32.2. The van der Waals surface area contributed by atoms with Crippen LogP contribution in [0.25, 0.3) is 6.08 Å². The SMILES string of the molecule is Cc1cc(NS(=O)(=O)c2ccc(NC(=O)/C=C/c3cccc([N+](=O)[O-])c3)cc2)no1. The van der Waals surface area contributed by atoms with E-state index in [0.717, 1.165) is 0 Å². The third-order valence-electron chi connectivity index (χ3n) is 3.81. The molecule has 0 aliphatic carbocycles. The molecule has 1 aromatic heterocycles. The zero-order valence-corrected chi connectivity index (χ0v) is 16.4. The minimum atomic E-state index is -3.86. The second-order valence-corrected chi connectivity index (χ2v) is 7.81. The first-order valence-corrected chi connectivity index (χ1v) is 10.0. The van der Waals surface area contributed by atoms with Crippen molar-refractivity contribution in [3.05, 3.63) is 82.1 Å². The van der Waals surface area contributed by atoms with Crippen molar-refractivity contribution in [3.8, 4) is 0 Å². The third-order valence-corrected chi connectivity index (χ3v) is 5.18. The van der Waals surface area contributed by atoms with Crippen molar-refractivity contribution in [1.82, 2.24) is 5.16 Å². The standard InChI is InChI=1S/C19H16N4O6S/c1-13-11-18(21-29-13)22-30(27,28)17-8-6-15(7-9-17)20-19(24)10-5-14-3-2-4-16(12-14)23(25)26/h2-12H,1H3,(H,20,24)(H,21,22)/b10-5+. The lowest BCUT2D eigenvalue weighted by molar-refractivity contribution is -0.384. The van der Waals surface area contributed by atoms with Crippen LogP contribution in [-0.4, -0.2) is 24.4 Å². The molecule has 10 nitrogen and oxygen atoms in total. The second kappa shape index (κ2) is 8.57. The number of sulfonamides is 1.